The van der Waals surface area contributed by atoms with Crippen LogP contribution in [0.5, 0.6) is 0 Å². The van der Waals surface area contributed by atoms with Gasteiger partial charge in [-0.25, -0.2) is 0 Å². The Kier molecular flexibility index (Phi) is 6.79. The first-order valence-corrected chi connectivity index (χ1v) is 14.6. The van der Waals surface area contributed by atoms with Crippen LogP contribution in [0.3, 0.4) is 0 Å². The molecule has 0 bridgehead atoms. The first kappa shape index (κ1) is 24.4. The van der Waals surface area contributed by atoms with Crippen molar-refractivity contribution >= 4 is 18.7 Å². The Morgan fingerprint density at radius 3 is 1.97 bits per heavy atom. The maximum absolute atomic E-state index is 10.5. The zero-order valence-electron chi connectivity index (χ0n) is 21.2. The molecule has 2 aliphatic carbocycles. The molecule has 0 aromatic heterocycles. The molecule has 0 radical (unpaired) electrons. The minimum absolute atomic E-state index is 0.0425. The summed E-state index contributed by atoms with van der Waals surface area (Å²) in [6.45, 7) is 16.3. The van der Waals surface area contributed by atoms with Crippen LogP contribution in [0, 0.1) is 23.2 Å². The van der Waals surface area contributed by atoms with E-state index in [4.69, 9.17) is 4.43 Å². The highest BCUT2D eigenvalue weighted by Crippen LogP contribution is 2.60. The van der Waals surface area contributed by atoms with Gasteiger partial charge in [0.1, 0.15) is 0 Å². The Bertz CT molecular complexity index is 909. The van der Waals surface area contributed by atoms with E-state index < -0.39 is 8.32 Å². The van der Waals surface area contributed by atoms with E-state index in [1.807, 2.05) is 0 Å². The molecule has 2 aliphatic rings. The van der Waals surface area contributed by atoms with Crippen molar-refractivity contribution in [2.24, 2.45) is 23.2 Å². The van der Waals surface area contributed by atoms with E-state index in [9.17, 15) is 5.11 Å². The molecule has 2 saturated carbocycles. The lowest BCUT2D eigenvalue weighted by Crippen LogP contribution is -2.68. The quantitative estimate of drug-likeness (QED) is 0.425. The van der Waals surface area contributed by atoms with Gasteiger partial charge in [0, 0.05) is 12.7 Å². The number of rotatable bonds is 6. The van der Waals surface area contributed by atoms with E-state index in [-0.39, 0.29) is 29.1 Å². The zero-order chi connectivity index (χ0) is 23.9. The van der Waals surface area contributed by atoms with Gasteiger partial charge in [-0.3, -0.25) is 0 Å². The van der Waals surface area contributed by atoms with E-state index in [2.05, 4.69) is 102 Å². The molecule has 178 valence electrons. The second kappa shape index (κ2) is 9.17. The molecule has 2 fully saturated rings. The van der Waals surface area contributed by atoms with Crippen molar-refractivity contribution in [2.45, 2.75) is 71.4 Å². The third-order valence-electron chi connectivity index (χ3n) is 8.96. The monoisotopic (exact) mass is 462 g/mol. The van der Waals surface area contributed by atoms with Gasteiger partial charge in [0.15, 0.2) is 0 Å². The van der Waals surface area contributed by atoms with Crippen LogP contribution in [0.2, 0.25) is 5.04 Å². The molecule has 1 N–H and O–H groups in total. The predicted octanol–water partition coefficient (Wildman–Crippen LogP) is 5.94. The third-order valence-corrected chi connectivity index (χ3v) is 14.0. The molecule has 3 heteroatoms. The highest BCUT2D eigenvalue weighted by molar-refractivity contribution is 6.99. The van der Waals surface area contributed by atoms with Crippen LogP contribution >= 0.6 is 0 Å². The lowest BCUT2D eigenvalue weighted by Gasteiger charge is -2.51. The van der Waals surface area contributed by atoms with Crippen LogP contribution < -0.4 is 10.4 Å². The van der Waals surface area contributed by atoms with Crippen LogP contribution in [0.1, 0.15) is 60.3 Å². The maximum Gasteiger partial charge on any atom is 0.261 e. The van der Waals surface area contributed by atoms with Crippen LogP contribution in [-0.4, -0.2) is 26.1 Å². The minimum Gasteiger partial charge on any atom is -0.404 e. The van der Waals surface area contributed by atoms with Gasteiger partial charge in [0.05, 0.1) is 0 Å². The van der Waals surface area contributed by atoms with Gasteiger partial charge in [0.2, 0.25) is 0 Å². The summed E-state index contributed by atoms with van der Waals surface area (Å²) in [5, 5.41) is 13.2. The predicted molar refractivity (Wildman–Crippen MR) is 141 cm³/mol. The zero-order valence-corrected chi connectivity index (χ0v) is 22.2. The highest BCUT2D eigenvalue weighted by atomic mass is 28.4. The standard InChI is InChI=1S/C30H42O2Si/c1-22(2)30-19-17-23(3)26(21-31)28(30)27(18-20-30)32-33(29(4,5)6,24-13-9-7-10-14-24)25-15-11-8-12-16-25/h7-16,23,26-28,31H,1,17-21H2,2-6H3/t23-,26-,27+,28-,30+/m1/s1. The van der Waals surface area contributed by atoms with Crippen molar-refractivity contribution < 1.29 is 9.53 Å². The summed E-state index contributed by atoms with van der Waals surface area (Å²) < 4.78 is 7.65. The SMILES string of the molecule is C=C(C)[C@@]12CC[C@@H](C)[C@@H](CO)[C@@H]1[C@@H](O[Si](c1ccccc1)(c1ccccc1)C(C)(C)C)CC2. The summed E-state index contributed by atoms with van der Waals surface area (Å²) in [6.07, 6.45) is 4.64. The smallest absolute Gasteiger partial charge is 0.261 e. The van der Waals surface area contributed by atoms with E-state index >= 15 is 0 Å². The van der Waals surface area contributed by atoms with Crippen molar-refractivity contribution in [3.8, 4) is 0 Å². The third kappa shape index (κ3) is 3.96. The molecule has 0 aliphatic heterocycles. The van der Waals surface area contributed by atoms with E-state index in [0.29, 0.717) is 11.8 Å². The number of fused-ring (bicyclic) bond motifs is 1. The molecule has 33 heavy (non-hydrogen) atoms. The molecule has 2 aromatic carbocycles. The molecule has 2 aromatic rings. The number of aliphatic hydroxyl groups excluding tert-OH is 1. The Morgan fingerprint density at radius 2 is 1.52 bits per heavy atom. The van der Waals surface area contributed by atoms with Crippen LogP contribution in [0.25, 0.3) is 0 Å². The van der Waals surface area contributed by atoms with Crippen LogP contribution in [0.4, 0.5) is 0 Å². The minimum atomic E-state index is -2.63. The maximum atomic E-state index is 10.5. The fourth-order valence-corrected chi connectivity index (χ4v) is 11.9. The Balaban J connectivity index is 1.87. The number of allylic oxidation sites excluding steroid dienone is 1. The summed E-state index contributed by atoms with van der Waals surface area (Å²) in [5.74, 6) is 1.10. The largest absolute Gasteiger partial charge is 0.404 e. The first-order valence-electron chi connectivity index (χ1n) is 12.7. The fraction of sp³-hybridized carbons (Fsp3) is 0.533. The Labute approximate surface area is 202 Å². The number of hydrogen-bond acceptors (Lipinski definition) is 2. The second-order valence-electron chi connectivity index (χ2n) is 11.7. The van der Waals surface area contributed by atoms with Gasteiger partial charge in [-0.15, -0.1) is 0 Å². The molecule has 0 amide bonds. The first-order chi connectivity index (χ1) is 15.7. The van der Waals surface area contributed by atoms with Crippen molar-refractivity contribution in [1.82, 2.24) is 0 Å². The molecular weight excluding hydrogens is 420 g/mol. The summed E-state index contributed by atoms with van der Waals surface area (Å²) in [7, 11) is -2.63. The summed E-state index contributed by atoms with van der Waals surface area (Å²) in [6, 6.07) is 21.9. The second-order valence-corrected chi connectivity index (χ2v) is 15.9. The van der Waals surface area contributed by atoms with Gasteiger partial charge in [-0.1, -0.05) is 101 Å². The van der Waals surface area contributed by atoms with Gasteiger partial charge in [0.25, 0.3) is 8.32 Å². The van der Waals surface area contributed by atoms with Crippen LogP contribution in [-0.2, 0) is 4.43 Å². The van der Waals surface area contributed by atoms with Gasteiger partial charge < -0.3 is 9.53 Å². The molecule has 0 saturated heterocycles. The molecule has 4 rings (SSSR count). The Hall–Kier alpha value is -1.68. The molecule has 2 nitrogen and oxygen atoms in total. The van der Waals surface area contributed by atoms with Gasteiger partial charge in [-0.05, 0) is 71.2 Å². The molecule has 0 spiro atoms. The van der Waals surface area contributed by atoms with E-state index in [1.54, 1.807) is 0 Å². The molecule has 0 unspecified atom stereocenters. The number of hydrogen-bond donors (Lipinski definition) is 1. The average Bonchev–Trinajstić information content (AvgIpc) is 3.17. The highest BCUT2D eigenvalue weighted by Gasteiger charge is 2.59. The van der Waals surface area contributed by atoms with E-state index in [1.165, 1.54) is 28.8 Å². The van der Waals surface area contributed by atoms with Crippen molar-refractivity contribution in [3.63, 3.8) is 0 Å². The van der Waals surface area contributed by atoms with Gasteiger partial charge in [-0.2, -0.15) is 0 Å². The molecular formula is C30H42O2Si. The Morgan fingerprint density at radius 1 is 1.00 bits per heavy atom. The summed E-state index contributed by atoms with van der Waals surface area (Å²) in [4.78, 5) is 0. The average molecular weight is 463 g/mol. The molecule has 0 heterocycles. The van der Waals surface area contributed by atoms with Crippen molar-refractivity contribution in [2.75, 3.05) is 6.61 Å². The lowest BCUT2D eigenvalue weighted by molar-refractivity contribution is -0.0257. The van der Waals surface area contributed by atoms with Gasteiger partial charge >= 0.3 is 0 Å². The van der Waals surface area contributed by atoms with Crippen molar-refractivity contribution in [1.29, 1.82) is 0 Å². The lowest BCUT2D eigenvalue weighted by atomic mass is 9.57. The topological polar surface area (TPSA) is 29.5 Å². The fourth-order valence-electron chi connectivity index (χ4n) is 7.19. The normalized spacial score (nSPS) is 30.1. The van der Waals surface area contributed by atoms with Crippen molar-refractivity contribution in [3.05, 3.63) is 72.8 Å². The number of benzene rings is 2. The number of aliphatic hydroxyl groups is 1. The molecule has 5 atom stereocenters. The van der Waals surface area contributed by atoms with Crippen LogP contribution in [0.15, 0.2) is 72.8 Å². The summed E-state index contributed by atoms with van der Waals surface area (Å²) in [5.41, 5.74) is 1.38. The van der Waals surface area contributed by atoms with E-state index in [0.717, 1.165) is 12.8 Å². The summed E-state index contributed by atoms with van der Waals surface area (Å²) >= 11 is 0.